The molecule has 1 aliphatic heterocycles. The normalized spacial score (nSPS) is 42.9. The first-order valence-corrected chi connectivity index (χ1v) is 6.53. The van der Waals surface area contributed by atoms with E-state index in [1.807, 2.05) is 0 Å². The number of nitrogens with one attached hydrogen (secondary N) is 1. The standard InChI is InChI=1S/C10H19N3O2S/c1-2-5-12-7-3-4-9(14)10(15,6-7)16-8(11)13-9/h7,12,14-15H,2-6H2,1H3,(H2,11,13)/t7-,9+,10-/m0/s1. The summed E-state index contributed by atoms with van der Waals surface area (Å²) in [5, 5.41) is 24.3. The van der Waals surface area contributed by atoms with Crippen molar-refractivity contribution in [2.24, 2.45) is 10.7 Å². The van der Waals surface area contributed by atoms with E-state index < -0.39 is 10.7 Å². The summed E-state index contributed by atoms with van der Waals surface area (Å²) >= 11 is 1.08. The van der Waals surface area contributed by atoms with Crippen molar-refractivity contribution in [3.8, 4) is 0 Å². The van der Waals surface area contributed by atoms with Crippen LogP contribution in [0.3, 0.4) is 0 Å². The van der Waals surface area contributed by atoms with Gasteiger partial charge in [-0.3, -0.25) is 0 Å². The third kappa shape index (κ3) is 1.95. The predicted molar refractivity (Wildman–Crippen MR) is 65.0 cm³/mol. The van der Waals surface area contributed by atoms with Gasteiger partial charge in [-0.1, -0.05) is 6.92 Å². The maximum atomic E-state index is 10.4. The number of amidine groups is 1. The second kappa shape index (κ2) is 4.18. The topological polar surface area (TPSA) is 90.9 Å². The number of fused-ring (bicyclic) bond motifs is 1. The number of hydrogen-bond donors (Lipinski definition) is 4. The Kier molecular flexibility index (Phi) is 3.18. The summed E-state index contributed by atoms with van der Waals surface area (Å²) in [5.41, 5.74) is 4.20. The smallest absolute Gasteiger partial charge is 0.197 e. The molecule has 2 aliphatic rings. The molecule has 16 heavy (non-hydrogen) atoms. The van der Waals surface area contributed by atoms with Crippen LogP contribution < -0.4 is 11.1 Å². The molecule has 5 nitrogen and oxygen atoms in total. The molecule has 0 amide bonds. The van der Waals surface area contributed by atoms with Crippen molar-refractivity contribution in [1.29, 1.82) is 0 Å². The second-order valence-corrected chi connectivity index (χ2v) is 5.84. The first-order valence-electron chi connectivity index (χ1n) is 5.71. The summed E-state index contributed by atoms with van der Waals surface area (Å²) in [7, 11) is 0. The second-order valence-electron chi connectivity index (χ2n) is 4.55. The quantitative estimate of drug-likeness (QED) is 0.561. The molecule has 3 atom stereocenters. The molecule has 2 rings (SSSR count). The lowest BCUT2D eigenvalue weighted by molar-refractivity contribution is -0.117. The van der Waals surface area contributed by atoms with Gasteiger partial charge < -0.3 is 21.3 Å². The molecule has 0 bridgehead atoms. The molecule has 1 fully saturated rings. The molecule has 0 spiro atoms. The molecule has 1 saturated carbocycles. The maximum absolute atomic E-state index is 10.4. The zero-order valence-electron chi connectivity index (χ0n) is 9.44. The van der Waals surface area contributed by atoms with Gasteiger partial charge in [0.05, 0.1) is 0 Å². The van der Waals surface area contributed by atoms with Gasteiger partial charge in [-0.15, -0.1) is 0 Å². The first kappa shape index (κ1) is 12.2. The fourth-order valence-electron chi connectivity index (χ4n) is 2.34. The largest absolute Gasteiger partial charge is 0.378 e. The summed E-state index contributed by atoms with van der Waals surface area (Å²) in [6.07, 6.45) is 2.82. The van der Waals surface area contributed by atoms with E-state index in [1.165, 1.54) is 0 Å². The van der Waals surface area contributed by atoms with Crippen LogP contribution >= 0.6 is 11.8 Å². The summed E-state index contributed by atoms with van der Waals surface area (Å²) in [6.45, 7) is 3.03. The molecule has 5 N–H and O–H groups in total. The molecule has 1 aliphatic carbocycles. The van der Waals surface area contributed by atoms with E-state index >= 15 is 0 Å². The zero-order chi connectivity index (χ0) is 11.8. The van der Waals surface area contributed by atoms with Gasteiger partial charge in [0.1, 0.15) is 0 Å². The van der Waals surface area contributed by atoms with Gasteiger partial charge in [0.2, 0.25) is 0 Å². The number of thioether (sulfide) groups is 1. The van der Waals surface area contributed by atoms with Gasteiger partial charge in [-0.05, 0) is 31.1 Å². The Bertz CT molecular complexity index is 312. The molecule has 0 saturated heterocycles. The lowest BCUT2D eigenvalue weighted by Crippen LogP contribution is -2.56. The summed E-state index contributed by atoms with van der Waals surface area (Å²) in [5.74, 6) is 0. The van der Waals surface area contributed by atoms with E-state index in [1.54, 1.807) is 0 Å². The number of hydrogen-bond acceptors (Lipinski definition) is 6. The van der Waals surface area contributed by atoms with Gasteiger partial charge in [-0.25, -0.2) is 4.99 Å². The van der Waals surface area contributed by atoms with E-state index in [0.29, 0.717) is 12.8 Å². The molecular formula is C10H19N3O2S. The number of nitrogens with two attached hydrogens (primary N) is 1. The van der Waals surface area contributed by atoms with Crippen LogP contribution in [0.4, 0.5) is 0 Å². The number of nitrogens with zero attached hydrogens (tertiary/aromatic N) is 1. The van der Waals surface area contributed by atoms with Crippen molar-refractivity contribution >= 4 is 16.9 Å². The lowest BCUT2D eigenvalue weighted by Gasteiger charge is -2.42. The average Bonchev–Trinajstić information content (AvgIpc) is 2.43. The Hall–Kier alpha value is -0.300. The Labute approximate surface area is 99.5 Å². The first-order chi connectivity index (χ1) is 7.49. The van der Waals surface area contributed by atoms with Crippen molar-refractivity contribution < 1.29 is 10.2 Å². The van der Waals surface area contributed by atoms with Crippen LogP contribution in [-0.4, -0.2) is 38.6 Å². The lowest BCUT2D eigenvalue weighted by atomic mass is 9.85. The van der Waals surface area contributed by atoms with Crippen LogP contribution in [0.15, 0.2) is 4.99 Å². The highest BCUT2D eigenvalue weighted by Crippen LogP contribution is 2.49. The summed E-state index contributed by atoms with van der Waals surface area (Å²) < 4.78 is 0. The Morgan fingerprint density at radius 2 is 2.38 bits per heavy atom. The Morgan fingerprint density at radius 3 is 3.06 bits per heavy atom. The zero-order valence-corrected chi connectivity index (χ0v) is 10.3. The highest BCUT2D eigenvalue weighted by atomic mass is 32.2. The van der Waals surface area contributed by atoms with Crippen LogP contribution in [0.25, 0.3) is 0 Å². The molecule has 0 unspecified atom stereocenters. The van der Waals surface area contributed by atoms with Gasteiger partial charge >= 0.3 is 0 Å². The highest BCUT2D eigenvalue weighted by Gasteiger charge is 2.58. The van der Waals surface area contributed by atoms with Crippen LogP contribution in [0.2, 0.25) is 0 Å². The van der Waals surface area contributed by atoms with Crippen LogP contribution in [-0.2, 0) is 0 Å². The van der Waals surface area contributed by atoms with Crippen molar-refractivity contribution in [3.63, 3.8) is 0 Å². The number of aliphatic hydroxyl groups is 2. The monoisotopic (exact) mass is 245 g/mol. The van der Waals surface area contributed by atoms with Gasteiger partial charge in [0.25, 0.3) is 0 Å². The van der Waals surface area contributed by atoms with Crippen molar-refractivity contribution in [2.45, 2.75) is 49.3 Å². The SMILES string of the molecule is CCCN[C@H]1CC[C@]2(O)N=C(N)S[C@@]2(O)C1. The third-order valence-corrected chi connectivity index (χ3v) is 4.37. The Morgan fingerprint density at radius 1 is 1.62 bits per heavy atom. The number of rotatable bonds is 3. The molecule has 6 heteroatoms. The van der Waals surface area contributed by atoms with Crippen LogP contribution in [0, 0.1) is 0 Å². The fraction of sp³-hybridized carbons (Fsp3) is 0.900. The van der Waals surface area contributed by atoms with E-state index in [-0.39, 0.29) is 11.2 Å². The molecule has 0 aromatic carbocycles. The predicted octanol–water partition coefficient (Wildman–Crippen LogP) is -0.0228. The van der Waals surface area contributed by atoms with Crippen molar-refractivity contribution in [3.05, 3.63) is 0 Å². The van der Waals surface area contributed by atoms with E-state index in [4.69, 9.17) is 5.73 Å². The molecule has 0 aromatic heterocycles. The highest BCUT2D eigenvalue weighted by molar-refractivity contribution is 8.15. The van der Waals surface area contributed by atoms with Gasteiger partial charge in [0.15, 0.2) is 15.8 Å². The van der Waals surface area contributed by atoms with E-state index in [0.717, 1.165) is 31.1 Å². The number of aliphatic imine (C=N–C) groups is 1. The minimum Gasteiger partial charge on any atom is -0.378 e. The third-order valence-electron chi connectivity index (χ3n) is 3.24. The minimum absolute atomic E-state index is 0.235. The Balaban J connectivity index is 2.04. The van der Waals surface area contributed by atoms with Gasteiger partial charge in [0, 0.05) is 18.9 Å². The van der Waals surface area contributed by atoms with Crippen LogP contribution in [0.1, 0.15) is 32.6 Å². The van der Waals surface area contributed by atoms with Crippen LogP contribution in [0.5, 0.6) is 0 Å². The summed E-state index contributed by atoms with van der Waals surface area (Å²) in [4.78, 5) is 2.71. The van der Waals surface area contributed by atoms with Crippen molar-refractivity contribution in [2.75, 3.05) is 6.54 Å². The van der Waals surface area contributed by atoms with Crippen molar-refractivity contribution in [1.82, 2.24) is 5.32 Å². The summed E-state index contributed by atoms with van der Waals surface area (Å²) in [6, 6.07) is 0.235. The average molecular weight is 245 g/mol. The molecule has 0 radical (unpaired) electrons. The van der Waals surface area contributed by atoms with E-state index in [2.05, 4.69) is 17.2 Å². The maximum Gasteiger partial charge on any atom is 0.197 e. The molecule has 0 aromatic rings. The van der Waals surface area contributed by atoms with Gasteiger partial charge in [-0.2, -0.15) is 0 Å². The van der Waals surface area contributed by atoms with E-state index in [9.17, 15) is 10.2 Å². The molecular weight excluding hydrogens is 226 g/mol. The molecule has 1 heterocycles. The molecule has 92 valence electrons. The minimum atomic E-state index is -1.38. The fourth-order valence-corrected chi connectivity index (χ4v) is 3.48.